The van der Waals surface area contributed by atoms with E-state index in [1.807, 2.05) is 38.1 Å². The Bertz CT molecular complexity index is 369. The lowest BCUT2D eigenvalue weighted by Gasteiger charge is -2.14. The number of rotatable bonds is 5. The Labute approximate surface area is 104 Å². The summed E-state index contributed by atoms with van der Waals surface area (Å²) in [6.07, 6.45) is 1.73. The van der Waals surface area contributed by atoms with Gasteiger partial charge >= 0.3 is 5.97 Å². The summed E-state index contributed by atoms with van der Waals surface area (Å²) in [6, 6.07) is 7.71. The van der Waals surface area contributed by atoms with Gasteiger partial charge < -0.3 is 4.74 Å². The first-order valence-electron chi connectivity index (χ1n) is 6.33. The predicted molar refractivity (Wildman–Crippen MR) is 70.2 cm³/mol. The van der Waals surface area contributed by atoms with Gasteiger partial charge in [0.25, 0.3) is 0 Å². The Balaban J connectivity index is 2.85. The maximum atomic E-state index is 12.0. The second-order valence-corrected chi connectivity index (χ2v) is 4.88. The van der Waals surface area contributed by atoms with Gasteiger partial charge in [-0.05, 0) is 37.3 Å². The third kappa shape index (κ3) is 4.22. The van der Waals surface area contributed by atoms with Gasteiger partial charge in [-0.2, -0.15) is 0 Å². The number of ether oxygens (including phenoxy) is 1. The Kier molecular flexibility index (Phi) is 5.20. The molecule has 0 fully saturated rings. The number of hydrogen-bond acceptors (Lipinski definition) is 2. The van der Waals surface area contributed by atoms with Gasteiger partial charge in [0.05, 0.1) is 11.7 Å². The molecule has 1 aromatic carbocycles. The molecule has 0 bridgehead atoms. The van der Waals surface area contributed by atoms with E-state index in [1.54, 1.807) is 0 Å². The Morgan fingerprint density at radius 3 is 2.47 bits per heavy atom. The van der Waals surface area contributed by atoms with E-state index in [1.165, 1.54) is 0 Å². The summed E-state index contributed by atoms with van der Waals surface area (Å²) in [4.78, 5) is 12.0. The summed E-state index contributed by atoms with van der Waals surface area (Å²) in [6.45, 7) is 8.23. The summed E-state index contributed by atoms with van der Waals surface area (Å²) in [5, 5.41) is 0. The van der Waals surface area contributed by atoms with Crippen molar-refractivity contribution in [2.75, 3.05) is 0 Å². The van der Waals surface area contributed by atoms with Gasteiger partial charge in [0, 0.05) is 0 Å². The van der Waals surface area contributed by atoms with E-state index < -0.39 is 0 Å². The highest BCUT2D eigenvalue weighted by molar-refractivity contribution is 5.91. The normalized spacial score (nSPS) is 12.5. The van der Waals surface area contributed by atoms with Gasteiger partial charge in [0.15, 0.2) is 0 Å². The molecule has 0 radical (unpaired) electrons. The second-order valence-electron chi connectivity index (χ2n) is 4.88. The third-order valence-corrected chi connectivity index (χ3v) is 2.75. The summed E-state index contributed by atoms with van der Waals surface area (Å²) < 4.78 is 5.37. The highest BCUT2D eigenvalue weighted by Crippen LogP contribution is 2.16. The monoisotopic (exact) mass is 234 g/mol. The van der Waals surface area contributed by atoms with E-state index in [0.29, 0.717) is 11.5 Å². The van der Waals surface area contributed by atoms with E-state index in [2.05, 4.69) is 13.8 Å². The smallest absolute Gasteiger partial charge is 0.338 e. The van der Waals surface area contributed by atoms with Crippen LogP contribution in [0.15, 0.2) is 24.3 Å². The van der Waals surface area contributed by atoms with E-state index >= 15 is 0 Å². The van der Waals surface area contributed by atoms with E-state index in [-0.39, 0.29) is 12.1 Å². The quantitative estimate of drug-likeness (QED) is 0.723. The zero-order chi connectivity index (χ0) is 12.8. The molecule has 1 unspecified atom stereocenters. The molecule has 0 saturated carbocycles. The van der Waals surface area contributed by atoms with E-state index in [4.69, 9.17) is 4.74 Å². The minimum absolute atomic E-state index is 0.0189. The SMILES string of the molecule is CCC(C)OC(=O)c1ccccc1CC(C)C. The fourth-order valence-electron chi connectivity index (χ4n) is 1.67. The van der Waals surface area contributed by atoms with Crippen molar-refractivity contribution in [3.8, 4) is 0 Å². The van der Waals surface area contributed by atoms with Crippen LogP contribution in [0, 0.1) is 5.92 Å². The molecule has 0 heterocycles. The Morgan fingerprint density at radius 1 is 1.24 bits per heavy atom. The molecule has 17 heavy (non-hydrogen) atoms. The standard InChI is InChI=1S/C15H22O2/c1-5-12(4)17-15(16)14-9-7-6-8-13(14)10-11(2)3/h6-9,11-12H,5,10H2,1-4H3. The van der Waals surface area contributed by atoms with Crippen molar-refractivity contribution in [3.05, 3.63) is 35.4 Å². The zero-order valence-corrected chi connectivity index (χ0v) is 11.2. The van der Waals surface area contributed by atoms with Crippen molar-refractivity contribution < 1.29 is 9.53 Å². The molecule has 0 amide bonds. The average Bonchev–Trinajstić information content (AvgIpc) is 2.28. The first kappa shape index (κ1) is 13.8. The molecule has 0 aliphatic carbocycles. The maximum Gasteiger partial charge on any atom is 0.338 e. The van der Waals surface area contributed by atoms with Crippen LogP contribution >= 0.6 is 0 Å². The highest BCUT2D eigenvalue weighted by Gasteiger charge is 2.15. The number of esters is 1. The van der Waals surface area contributed by atoms with Crippen LogP contribution in [-0.4, -0.2) is 12.1 Å². The molecule has 1 rings (SSSR count). The first-order chi connectivity index (χ1) is 8.04. The molecule has 1 aromatic rings. The van der Waals surface area contributed by atoms with Gasteiger partial charge in [0.1, 0.15) is 0 Å². The fraction of sp³-hybridized carbons (Fsp3) is 0.533. The molecular formula is C15H22O2. The maximum absolute atomic E-state index is 12.0. The van der Waals surface area contributed by atoms with Crippen LogP contribution in [-0.2, 0) is 11.2 Å². The topological polar surface area (TPSA) is 26.3 Å². The minimum Gasteiger partial charge on any atom is -0.459 e. The fourth-order valence-corrected chi connectivity index (χ4v) is 1.67. The summed E-state index contributed by atoms with van der Waals surface area (Å²) in [5.41, 5.74) is 1.79. The van der Waals surface area contributed by atoms with Crippen molar-refractivity contribution in [2.24, 2.45) is 5.92 Å². The molecule has 2 nitrogen and oxygen atoms in total. The highest BCUT2D eigenvalue weighted by atomic mass is 16.5. The largest absolute Gasteiger partial charge is 0.459 e. The predicted octanol–water partition coefficient (Wildman–Crippen LogP) is 3.84. The average molecular weight is 234 g/mol. The van der Waals surface area contributed by atoms with Crippen molar-refractivity contribution in [3.63, 3.8) is 0 Å². The van der Waals surface area contributed by atoms with Crippen LogP contribution in [0.1, 0.15) is 50.0 Å². The first-order valence-corrected chi connectivity index (χ1v) is 6.33. The molecule has 0 N–H and O–H groups in total. The molecular weight excluding hydrogens is 212 g/mol. The van der Waals surface area contributed by atoms with Crippen LogP contribution in [0.3, 0.4) is 0 Å². The number of carbonyl (C=O) groups excluding carboxylic acids is 1. The molecule has 0 spiro atoms. The Morgan fingerprint density at radius 2 is 1.88 bits per heavy atom. The summed E-state index contributed by atoms with van der Waals surface area (Å²) in [7, 11) is 0. The van der Waals surface area contributed by atoms with Crippen molar-refractivity contribution in [2.45, 2.75) is 46.6 Å². The molecule has 0 aliphatic rings. The molecule has 0 saturated heterocycles. The van der Waals surface area contributed by atoms with Gasteiger partial charge in [-0.15, -0.1) is 0 Å². The Hall–Kier alpha value is -1.31. The number of carbonyl (C=O) groups is 1. The molecule has 0 aromatic heterocycles. The second kappa shape index (κ2) is 6.43. The van der Waals surface area contributed by atoms with Crippen LogP contribution in [0.5, 0.6) is 0 Å². The molecule has 94 valence electrons. The van der Waals surface area contributed by atoms with Crippen molar-refractivity contribution in [1.29, 1.82) is 0 Å². The van der Waals surface area contributed by atoms with Crippen molar-refractivity contribution >= 4 is 5.97 Å². The van der Waals surface area contributed by atoms with Crippen LogP contribution in [0.2, 0.25) is 0 Å². The molecule has 1 atom stereocenters. The summed E-state index contributed by atoms with van der Waals surface area (Å²) >= 11 is 0. The lowest BCUT2D eigenvalue weighted by Crippen LogP contribution is -2.16. The molecule has 2 heteroatoms. The van der Waals surface area contributed by atoms with Gasteiger partial charge in [-0.1, -0.05) is 39.0 Å². The van der Waals surface area contributed by atoms with Crippen molar-refractivity contribution in [1.82, 2.24) is 0 Å². The number of benzene rings is 1. The van der Waals surface area contributed by atoms with Crippen LogP contribution in [0.25, 0.3) is 0 Å². The van der Waals surface area contributed by atoms with Gasteiger partial charge in [-0.3, -0.25) is 0 Å². The molecule has 0 aliphatic heterocycles. The number of hydrogen-bond donors (Lipinski definition) is 0. The van der Waals surface area contributed by atoms with Crippen LogP contribution in [0.4, 0.5) is 0 Å². The van der Waals surface area contributed by atoms with Gasteiger partial charge in [0.2, 0.25) is 0 Å². The lowest BCUT2D eigenvalue weighted by atomic mass is 9.98. The van der Waals surface area contributed by atoms with Crippen LogP contribution < -0.4 is 0 Å². The minimum atomic E-state index is -0.199. The van der Waals surface area contributed by atoms with E-state index in [9.17, 15) is 4.79 Å². The third-order valence-electron chi connectivity index (χ3n) is 2.75. The van der Waals surface area contributed by atoms with E-state index in [0.717, 1.165) is 18.4 Å². The lowest BCUT2D eigenvalue weighted by molar-refractivity contribution is 0.0333. The van der Waals surface area contributed by atoms with Gasteiger partial charge in [-0.25, -0.2) is 4.79 Å². The zero-order valence-electron chi connectivity index (χ0n) is 11.2. The summed E-state index contributed by atoms with van der Waals surface area (Å²) in [5.74, 6) is 0.336.